The highest BCUT2D eigenvalue weighted by Gasteiger charge is 2.20. The van der Waals surface area contributed by atoms with Gasteiger partial charge >= 0.3 is 12.0 Å². The molecular weight excluding hydrogens is 290 g/mol. The zero-order valence-corrected chi connectivity index (χ0v) is 12.9. The SMILES string of the molecule is CCCNC(=O)NC(=O)COC(=O)CN1CCCCCC1=O. The first-order chi connectivity index (χ1) is 10.5. The molecular formula is C14H23N3O5. The van der Waals surface area contributed by atoms with Crippen molar-refractivity contribution in [3.8, 4) is 0 Å². The summed E-state index contributed by atoms with van der Waals surface area (Å²) >= 11 is 0. The lowest BCUT2D eigenvalue weighted by Crippen LogP contribution is -2.42. The van der Waals surface area contributed by atoms with Gasteiger partial charge in [0.15, 0.2) is 6.61 Å². The molecule has 1 fully saturated rings. The third-order valence-electron chi connectivity index (χ3n) is 3.14. The lowest BCUT2D eigenvalue weighted by Gasteiger charge is -2.19. The van der Waals surface area contributed by atoms with Gasteiger partial charge in [-0.1, -0.05) is 13.3 Å². The van der Waals surface area contributed by atoms with E-state index in [1.54, 1.807) is 0 Å². The molecule has 4 amide bonds. The summed E-state index contributed by atoms with van der Waals surface area (Å²) in [5.41, 5.74) is 0. The van der Waals surface area contributed by atoms with E-state index in [0.29, 0.717) is 19.5 Å². The quantitative estimate of drug-likeness (QED) is 0.680. The molecule has 1 heterocycles. The van der Waals surface area contributed by atoms with Crippen LogP contribution in [0.15, 0.2) is 0 Å². The molecule has 8 nitrogen and oxygen atoms in total. The molecule has 0 atom stereocenters. The van der Waals surface area contributed by atoms with Crippen LogP contribution >= 0.6 is 0 Å². The number of esters is 1. The molecule has 2 N–H and O–H groups in total. The first kappa shape index (κ1) is 17.9. The minimum absolute atomic E-state index is 0.0714. The highest BCUT2D eigenvalue weighted by Crippen LogP contribution is 2.10. The zero-order valence-electron chi connectivity index (χ0n) is 12.9. The molecule has 1 aliphatic heterocycles. The second kappa shape index (κ2) is 9.75. The number of hydrogen-bond donors (Lipinski definition) is 2. The van der Waals surface area contributed by atoms with Gasteiger partial charge in [0.25, 0.3) is 5.91 Å². The normalized spacial score (nSPS) is 15.0. The van der Waals surface area contributed by atoms with E-state index in [2.05, 4.69) is 5.32 Å². The predicted octanol–water partition coefficient (Wildman–Crippen LogP) is 0.168. The number of amides is 4. The Kier molecular flexibility index (Phi) is 7.95. The predicted molar refractivity (Wildman–Crippen MR) is 77.8 cm³/mol. The van der Waals surface area contributed by atoms with Gasteiger partial charge in [0.05, 0.1) is 0 Å². The number of nitrogens with zero attached hydrogens (tertiary/aromatic N) is 1. The van der Waals surface area contributed by atoms with E-state index < -0.39 is 24.5 Å². The molecule has 0 bridgehead atoms. The number of imide groups is 1. The van der Waals surface area contributed by atoms with Crippen LogP contribution in [0.4, 0.5) is 4.79 Å². The van der Waals surface area contributed by atoms with Crippen LogP contribution in [0.25, 0.3) is 0 Å². The molecule has 0 aromatic carbocycles. The number of carbonyl (C=O) groups excluding carboxylic acids is 4. The molecule has 0 aliphatic carbocycles. The number of carbonyl (C=O) groups is 4. The Morgan fingerprint density at radius 2 is 2.00 bits per heavy atom. The minimum atomic E-state index is -0.704. The molecule has 0 spiro atoms. The molecule has 1 saturated heterocycles. The zero-order chi connectivity index (χ0) is 16.4. The van der Waals surface area contributed by atoms with Gasteiger partial charge in [-0.3, -0.25) is 19.7 Å². The fourth-order valence-electron chi connectivity index (χ4n) is 2.00. The third-order valence-corrected chi connectivity index (χ3v) is 3.14. The molecule has 0 saturated carbocycles. The molecule has 1 aliphatic rings. The number of rotatable bonds is 6. The topological polar surface area (TPSA) is 105 Å². The summed E-state index contributed by atoms with van der Waals surface area (Å²) in [5.74, 6) is -1.43. The number of hydrogen-bond acceptors (Lipinski definition) is 5. The molecule has 0 aromatic heterocycles. The van der Waals surface area contributed by atoms with Crippen LogP contribution in [0.1, 0.15) is 39.0 Å². The third kappa shape index (κ3) is 7.05. The molecule has 124 valence electrons. The second-order valence-electron chi connectivity index (χ2n) is 5.09. The number of likely N-dealkylation sites (tertiary alicyclic amines) is 1. The van der Waals surface area contributed by atoms with Crippen molar-refractivity contribution >= 4 is 23.8 Å². The van der Waals surface area contributed by atoms with E-state index in [0.717, 1.165) is 25.7 Å². The molecule has 0 unspecified atom stereocenters. The van der Waals surface area contributed by atoms with Crippen LogP contribution < -0.4 is 10.6 Å². The summed E-state index contributed by atoms with van der Waals surface area (Å²) in [6, 6.07) is -0.620. The Labute approximate surface area is 129 Å². The summed E-state index contributed by atoms with van der Waals surface area (Å²) in [6.07, 6.45) is 3.84. The van der Waals surface area contributed by atoms with E-state index in [1.807, 2.05) is 12.2 Å². The molecule has 8 heteroatoms. The van der Waals surface area contributed by atoms with Crippen molar-refractivity contribution in [2.45, 2.75) is 39.0 Å². The summed E-state index contributed by atoms with van der Waals surface area (Å²) in [7, 11) is 0. The van der Waals surface area contributed by atoms with Crippen molar-refractivity contribution in [3.63, 3.8) is 0 Å². The highest BCUT2D eigenvalue weighted by molar-refractivity contribution is 5.95. The first-order valence-electron chi connectivity index (χ1n) is 7.54. The summed E-state index contributed by atoms with van der Waals surface area (Å²) in [4.78, 5) is 47.4. The van der Waals surface area contributed by atoms with Crippen molar-refractivity contribution in [3.05, 3.63) is 0 Å². The van der Waals surface area contributed by atoms with Crippen LogP contribution in [0.2, 0.25) is 0 Å². The Morgan fingerprint density at radius 1 is 1.23 bits per heavy atom. The van der Waals surface area contributed by atoms with Gasteiger partial charge in [-0.05, 0) is 19.3 Å². The van der Waals surface area contributed by atoms with Crippen LogP contribution in [0.5, 0.6) is 0 Å². The van der Waals surface area contributed by atoms with Crippen LogP contribution in [0, 0.1) is 0 Å². The van der Waals surface area contributed by atoms with Gasteiger partial charge in [-0.15, -0.1) is 0 Å². The maximum Gasteiger partial charge on any atom is 0.326 e. The van der Waals surface area contributed by atoms with Gasteiger partial charge in [0.2, 0.25) is 5.91 Å². The van der Waals surface area contributed by atoms with Crippen molar-refractivity contribution < 1.29 is 23.9 Å². The summed E-state index contributed by atoms with van der Waals surface area (Å²) < 4.78 is 4.78. The summed E-state index contributed by atoms with van der Waals surface area (Å²) in [5, 5.41) is 4.51. The average molecular weight is 313 g/mol. The lowest BCUT2D eigenvalue weighted by molar-refractivity contribution is -0.152. The minimum Gasteiger partial charge on any atom is -0.454 e. The smallest absolute Gasteiger partial charge is 0.326 e. The van der Waals surface area contributed by atoms with E-state index in [9.17, 15) is 19.2 Å². The molecule has 22 heavy (non-hydrogen) atoms. The fraction of sp³-hybridized carbons (Fsp3) is 0.714. The van der Waals surface area contributed by atoms with Gasteiger partial charge in [-0.2, -0.15) is 0 Å². The van der Waals surface area contributed by atoms with E-state index >= 15 is 0 Å². The Bertz CT molecular complexity index is 425. The van der Waals surface area contributed by atoms with Crippen LogP contribution in [-0.4, -0.2) is 55.0 Å². The van der Waals surface area contributed by atoms with Crippen LogP contribution in [-0.2, 0) is 19.1 Å². The maximum absolute atomic E-state index is 11.7. The number of ether oxygens (including phenoxy) is 1. The van der Waals surface area contributed by atoms with Gasteiger partial charge in [-0.25, -0.2) is 4.79 Å². The van der Waals surface area contributed by atoms with Crippen molar-refractivity contribution in [1.29, 1.82) is 0 Å². The standard InChI is InChI=1S/C14H23N3O5/c1-2-7-15-14(21)16-11(18)10-22-13(20)9-17-8-5-3-4-6-12(17)19/h2-10H2,1H3,(H2,15,16,18,21). The van der Waals surface area contributed by atoms with Crippen molar-refractivity contribution in [1.82, 2.24) is 15.5 Å². The number of urea groups is 1. The fourth-order valence-corrected chi connectivity index (χ4v) is 2.00. The van der Waals surface area contributed by atoms with Gasteiger partial charge in [0, 0.05) is 19.5 Å². The first-order valence-corrected chi connectivity index (χ1v) is 7.54. The Morgan fingerprint density at radius 3 is 2.73 bits per heavy atom. The van der Waals surface area contributed by atoms with Crippen LogP contribution in [0.3, 0.4) is 0 Å². The lowest BCUT2D eigenvalue weighted by atomic mass is 10.2. The van der Waals surface area contributed by atoms with E-state index in [4.69, 9.17) is 4.74 Å². The monoisotopic (exact) mass is 313 g/mol. The van der Waals surface area contributed by atoms with E-state index in [1.165, 1.54) is 4.90 Å². The molecule has 0 aromatic rings. The summed E-state index contributed by atoms with van der Waals surface area (Å²) in [6.45, 7) is 2.16. The highest BCUT2D eigenvalue weighted by atomic mass is 16.5. The molecule has 0 radical (unpaired) electrons. The average Bonchev–Trinajstić information content (AvgIpc) is 2.68. The second-order valence-corrected chi connectivity index (χ2v) is 5.09. The Balaban J connectivity index is 2.25. The van der Waals surface area contributed by atoms with E-state index in [-0.39, 0.29) is 12.5 Å². The maximum atomic E-state index is 11.7. The number of nitrogens with one attached hydrogen (secondary N) is 2. The van der Waals surface area contributed by atoms with Crippen molar-refractivity contribution in [2.24, 2.45) is 0 Å². The van der Waals surface area contributed by atoms with Gasteiger partial charge in [0.1, 0.15) is 6.54 Å². The Hall–Kier alpha value is -2.12. The molecule has 1 rings (SSSR count). The largest absolute Gasteiger partial charge is 0.454 e. The van der Waals surface area contributed by atoms with Gasteiger partial charge < -0.3 is 15.0 Å². The van der Waals surface area contributed by atoms with Crippen molar-refractivity contribution in [2.75, 3.05) is 26.2 Å².